The summed E-state index contributed by atoms with van der Waals surface area (Å²) in [7, 11) is 0. The van der Waals surface area contributed by atoms with Crippen LogP contribution in [0.3, 0.4) is 0 Å². The van der Waals surface area contributed by atoms with Crippen LogP contribution >= 0.6 is 0 Å². The molecule has 1 amide bonds. The largest absolute Gasteiger partial charge is 0.444 e. The van der Waals surface area contributed by atoms with Crippen molar-refractivity contribution in [3.63, 3.8) is 0 Å². The molecule has 0 aromatic rings. The highest BCUT2D eigenvalue weighted by Crippen LogP contribution is 2.14. The zero-order valence-corrected chi connectivity index (χ0v) is 13.7. The summed E-state index contributed by atoms with van der Waals surface area (Å²) >= 11 is 0. The van der Waals surface area contributed by atoms with Gasteiger partial charge >= 0.3 is 6.09 Å². The lowest BCUT2D eigenvalue weighted by atomic mass is 10.1. The zero-order chi connectivity index (χ0) is 15.6. The van der Waals surface area contributed by atoms with Crippen LogP contribution in [-0.2, 0) is 4.74 Å². The first kappa shape index (κ1) is 19.2. The molecule has 5 heteroatoms. The van der Waals surface area contributed by atoms with Gasteiger partial charge in [-0.2, -0.15) is 0 Å². The number of ether oxygens (including phenoxy) is 1. The first-order chi connectivity index (χ1) is 9.31. The zero-order valence-electron chi connectivity index (χ0n) is 13.7. The molecular weight excluding hydrogens is 254 g/mol. The Hall–Kier alpha value is -0.810. The fraction of sp³-hybridized carbons (Fsp3) is 0.933. The van der Waals surface area contributed by atoms with Crippen molar-refractivity contribution >= 4 is 6.09 Å². The van der Waals surface area contributed by atoms with E-state index in [0.717, 1.165) is 38.5 Å². The molecule has 0 saturated heterocycles. The summed E-state index contributed by atoms with van der Waals surface area (Å²) in [5.41, 5.74) is 11.2. The van der Waals surface area contributed by atoms with Crippen LogP contribution in [0.1, 0.15) is 66.2 Å². The number of rotatable bonds is 9. The lowest BCUT2D eigenvalue weighted by Crippen LogP contribution is -2.48. The van der Waals surface area contributed by atoms with Crippen LogP contribution in [0.4, 0.5) is 4.79 Å². The van der Waals surface area contributed by atoms with E-state index in [1.54, 1.807) is 4.90 Å². The molecule has 0 radical (unpaired) electrons. The average molecular weight is 287 g/mol. The maximum Gasteiger partial charge on any atom is 0.411 e. The van der Waals surface area contributed by atoms with Crippen molar-refractivity contribution in [3.8, 4) is 0 Å². The van der Waals surface area contributed by atoms with Crippen molar-refractivity contribution < 1.29 is 9.53 Å². The molecule has 1 atom stereocenters. The van der Waals surface area contributed by atoms with Gasteiger partial charge in [-0.05, 0) is 46.6 Å². The topological polar surface area (TPSA) is 81.6 Å². The molecule has 0 aliphatic rings. The third-order valence-corrected chi connectivity index (χ3v) is 2.98. The molecule has 5 nitrogen and oxygen atoms in total. The second-order valence-electron chi connectivity index (χ2n) is 6.23. The Balaban J connectivity index is 4.48. The minimum absolute atomic E-state index is 0.269. The molecule has 0 aromatic carbocycles. The van der Waals surface area contributed by atoms with Crippen LogP contribution in [0.15, 0.2) is 0 Å². The summed E-state index contributed by atoms with van der Waals surface area (Å²) in [6.45, 7) is 8.99. The van der Waals surface area contributed by atoms with Gasteiger partial charge in [-0.1, -0.05) is 26.2 Å². The maximum atomic E-state index is 12.2. The van der Waals surface area contributed by atoms with Crippen molar-refractivity contribution in [1.82, 2.24) is 4.90 Å². The van der Waals surface area contributed by atoms with Gasteiger partial charge in [0.05, 0.1) is 6.17 Å². The molecule has 0 aliphatic heterocycles. The Morgan fingerprint density at radius 3 is 2.35 bits per heavy atom. The lowest BCUT2D eigenvalue weighted by molar-refractivity contribution is 0.0151. The highest BCUT2D eigenvalue weighted by molar-refractivity contribution is 5.68. The SMILES string of the molecule is CCCCCC(N)N(CCCCN)C(=O)OC(C)(C)C. The number of amides is 1. The van der Waals surface area contributed by atoms with Gasteiger partial charge in [0.2, 0.25) is 0 Å². The molecule has 4 N–H and O–H groups in total. The fourth-order valence-electron chi connectivity index (χ4n) is 1.90. The summed E-state index contributed by atoms with van der Waals surface area (Å²) in [4.78, 5) is 13.9. The third kappa shape index (κ3) is 9.15. The Kier molecular flexibility index (Phi) is 9.59. The molecule has 120 valence electrons. The van der Waals surface area contributed by atoms with E-state index >= 15 is 0 Å². The number of carbonyl (C=O) groups excluding carboxylic acids is 1. The van der Waals surface area contributed by atoms with Gasteiger partial charge in [-0.3, -0.25) is 4.90 Å². The Morgan fingerprint density at radius 2 is 1.85 bits per heavy atom. The predicted octanol–water partition coefficient (Wildman–Crippen LogP) is 2.83. The van der Waals surface area contributed by atoms with Gasteiger partial charge in [0, 0.05) is 6.54 Å². The van der Waals surface area contributed by atoms with Gasteiger partial charge in [-0.15, -0.1) is 0 Å². The molecule has 1 unspecified atom stereocenters. The molecule has 0 aromatic heterocycles. The summed E-state index contributed by atoms with van der Waals surface area (Å²) < 4.78 is 5.43. The second-order valence-corrected chi connectivity index (χ2v) is 6.23. The average Bonchev–Trinajstić information content (AvgIpc) is 2.32. The van der Waals surface area contributed by atoms with Gasteiger partial charge < -0.3 is 16.2 Å². The number of unbranched alkanes of at least 4 members (excludes halogenated alkanes) is 3. The van der Waals surface area contributed by atoms with Crippen LogP contribution < -0.4 is 11.5 Å². The molecule has 20 heavy (non-hydrogen) atoms. The van der Waals surface area contributed by atoms with Gasteiger partial charge in [0.25, 0.3) is 0 Å². The minimum Gasteiger partial charge on any atom is -0.444 e. The number of carbonyl (C=O) groups is 1. The maximum absolute atomic E-state index is 12.2. The normalized spacial score (nSPS) is 13.1. The molecule has 0 spiro atoms. The van der Waals surface area contributed by atoms with Crippen molar-refractivity contribution in [2.45, 2.75) is 78.0 Å². The first-order valence-corrected chi connectivity index (χ1v) is 7.77. The Bertz CT molecular complexity index is 264. The highest BCUT2D eigenvalue weighted by Gasteiger charge is 2.25. The Labute approximate surface area is 124 Å². The van der Waals surface area contributed by atoms with Crippen molar-refractivity contribution in [2.75, 3.05) is 13.1 Å². The fourth-order valence-corrected chi connectivity index (χ4v) is 1.90. The highest BCUT2D eigenvalue weighted by atomic mass is 16.6. The van der Waals surface area contributed by atoms with Gasteiger partial charge in [0.15, 0.2) is 0 Å². The van der Waals surface area contributed by atoms with E-state index in [0.29, 0.717) is 13.1 Å². The number of hydrogen-bond acceptors (Lipinski definition) is 4. The van der Waals surface area contributed by atoms with E-state index in [9.17, 15) is 4.79 Å². The van der Waals surface area contributed by atoms with Crippen molar-refractivity contribution in [3.05, 3.63) is 0 Å². The van der Waals surface area contributed by atoms with Gasteiger partial charge in [0.1, 0.15) is 5.60 Å². The van der Waals surface area contributed by atoms with E-state index in [1.165, 1.54) is 0 Å². The minimum atomic E-state index is -0.494. The lowest BCUT2D eigenvalue weighted by Gasteiger charge is -2.31. The summed E-state index contributed by atoms with van der Waals surface area (Å²) in [5.74, 6) is 0. The van der Waals surface area contributed by atoms with Crippen molar-refractivity contribution in [2.24, 2.45) is 11.5 Å². The monoisotopic (exact) mass is 287 g/mol. The molecule has 0 rings (SSSR count). The van der Waals surface area contributed by atoms with Crippen LogP contribution in [0, 0.1) is 0 Å². The predicted molar refractivity (Wildman–Crippen MR) is 83.3 cm³/mol. The van der Waals surface area contributed by atoms with Crippen LogP contribution in [0.2, 0.25) is 0 Å². The number of nitrogens with two attached hydrogens (primary N) is 2. The van der Waals surface area contributed by atoms with Crippen LogP contribution in [0.5, 0.6) is 0 Å². The van der Waals surface area contributed by atoms with E-state index in [2.05, 4.69) is 6.92 Å². The molecule has 0 saturated carbocycles. The Morgan fingerprint density at radius 1 is 1.20 bits per heavy atom. The van der Waals surface area contributed by atoms with Crippen molar-refractivity contribution in [1.29, 1.82) is 0 Å². The summed E-state index contributed by atoms with van der Waals surface area (Å²) in [5, 5.41) is 0. The van der Waals surface area contributed by atoms with Crippen LogP contribution in [0.25, 0.3) is 0 Å². The third-order valence-electron chi connectivity index (χ3n) is 2.98. The quantitative estimate of drug-likeness (QED) is 0.504. The van der Waals surface area contributed by atoms with Crippen LogP contribution in [-0.4, -0.2) is 35.8 Å². The van der Waals surface area contributed by atoms with E-state index in [-0.39, 0.29) is 12.3 Å². The second kappa shape index (κ2) is 10.00. The molecular formula is C15H33N3O2. The molecule has 0 heterocycles. The first-order valence-electron chi connectivity index (χ1n) is 7.77. The number of nitrogens with zero attached hydrogens (tertiary/aromatic N) is 1. The van der Waals surface area contributed by atoms with Gasteiger partial charge in [-0.25, -0.2) is 4.79 Å². The van der Waals surface area contributed by atoms with E-state index < -0.39 is 5.60 Å². The number of hydrogen-bond donors (Lipinski definition) is 2. The molecule has 0 bridgehead atoms. The molecule has 0 fully saturated rings. The smallest absolute Gasteiger partial charge is 0.411 e. The summed E-state index contributed by atoms with van der Waals surface area (Å²) in [6, 6.07) is 0. The van der Waals surface area contributed by atoms with E-state index in [1.807, 2.05) is 20.8 Å². The molecule has 0 aliphatic carbocycles. The summed E-state index contributed by atoms with van der Waals surface area (Å²) in [6.07, 6.45) is 5.29. The standard InChI is InChI=1S/C15H33N3O2/c1-5-6-7-10-13(17)18(12-9-8-11-16)14(19)20-15(2,3)4/h13H,5-12,16-17H2,1-4H3. The van der Waals surface area contributed by atoms with E-state index in [4.69, 9.17) is 16.2 Å².